The van der Waals surface area contributed by atoms with Crippen molar-refractivity contribution in [3.8, 4) is 17.2 Å². The summed E-state index contributed by atoms with van der Waals surface area (Å²) >= 11 is 0. The predicted octanol–water partition coefficient (Wildman–Crippen LogP) is 8.06. The number of carbonyl (C=O) groups is 1. The SMILES string of the molecule is Cc1ccc(-c2c(COC(=O)NC(C)(C)C)c(CC(C)C)nc3ccc(CCCCCC#N)cc23)cc1. The van der Waals surface area contributed by atoms with Crippen LogP contribution in [0.1, 0.15) is 82.7 Å². The molecule has 37 heavy (non-hydrogen) atoms. The van der Waals surface area contributed by atoms with Crippen molar-refractivity contribution < 1.29 is 9.53 Å². The minimum atomic E-state index is -0.427. The maximum atomic E-state index is 12.6. The number of benzene rings is 2. The molecular weight excluding hydrogens is 458 g/mol. The van der Waals surface area contributed by atoms with Gasteiger partial charge in [0.15, 0.2) is 0 Å². The van der Waals surface area contributed by atoms with Crippen molar-refractivity contribution in [2.75, 3.05) is 0 Å². The number of aromatic nitrogens is 1. The average Bonchev–Trinajstić information content (AvgIpc) is 2.81. The van der Waals surface area contributed by atoms with Gasteiger partial charge >= 0.3 is 6.09 Å². The van der Waals surface area contributed by atoms with E-state index in [1.165, 1.54) is 11.1 Å². The molecule has 0 saturated carbocycles. The van der Waals surface area contributed by atoms with E-state index in [2.05, 4.69) is 74.6 Å². The minimum Gasteiger partial charge on any atom is -0.445 e. The molecule has 196 valence electrons. The van der Waals surface area contributed by atoms with Crippen LogP contribution in [0.3, 0.4) is 0 Å². The van der Waals surface area contributed by atoms with Gasteiger partial charge < -0.3 is 10.1 Å². The summed E-state index contributed by atoms with van der Waals surface area (Å²) in [5, 5.41) is 12.8. The molecule has 0 aliphatic carbocycles. The summed E-state index contributed by atoms with van der Waals surface area (Å²) < 4.78 is 5.78. The topological polar surface area (TPSA) is 75.0 Å². The lowest BCUT2D eigenvalue weighted by Gasteiger charge is -2.22. The van der Waals surface area contributed by atoms with E-state index >= 15 is 0 Å². The van der Waals surface area contributed by atoms with Crippen molar-refractivity contribution >= 4 is 17.0 Å². The van der Waals surface area contributed by atoms with E-state index in [1.54, 1.807) is 0 Å². The Morgan fingerprint density at radius 3 is 2.46 bits per heavy atom. The number of unbranched alkanes of at least 4 members (excludes halogenated alkanes) is 3. The number of rotatable bonds is 10. The number of nitrogens with one attached hydrogen (secondary N) is 1. The van der Waals surface area contributed by atoms with Gasteiger partial charge in [-0.15, -0.1) is 0 Å². The number of fused-ring (bicyclic) bond motifs is 1. The lowest BCUT2D eigenvalue weighted by Crippen LogP contribution is -2.40. The van der Waals surface area contributed by atoms with E-state index in [0.717, 1.165) is 65.4 Å². The number of alkyl carbamates (subject to hydrolysis) is 1. The predicted molar refractivity (Wildman–Crippen MR) is 151 cm³/mol. The van der Waals surface area contributed by atoms with E-state index in [1.807, 2.05) is 20.8 Å². The van der Waals surface area contributed by atoms with Crippen LogP contribution in [0.5, 0.6) is 0 Å². The number of hydrogen-bond acceptors (Lipinski definition) is 4. The van der Waals surface area contributed by atoms with Crippen molar-refractivity contribution in [2.24, 2.45) is 5.92 Å². The molecule has 1 amide bonds. The van der Waals surface area contributed by atoms with Gasteiger partial charge in [0.05, 0.1) is 11.6 Å². The molecule has 1 heterocycles. The molecule has 2 aromatic carbocycles. The number of hydrogen-bond donors (Lipinski definition) is 1. The van der Waals surface area contributed by atoms with E-state index in [0.29, 0.717) is 12.3 Å². The van der Waals surface area contributed by atoms with Gasteiger partial charge in [0.2, 0.25) is 0 Å². The molecule has 0 spiro atoms. The van der Waals surface area contributed by atoms with E-state index in [4.69, 9.17) is 15.0 Å². The van der Waals surface area contributed by atoms with Gasteiger partial charge in [0.1, 0.15) is 6.61 Å². The maximum absolute atomic E-state index is 12.6. The Kier molecular flexibility index (Phi) is 9.69. The largest absolute Gasteiger partial charge is 0.445 e. The summed E-state index contributed by atoms with van der Waals surface area (Å²) in [7, 11) is 0. The Labute approximate surface area is 222 Å². The monoisotopic (exact) mass is 499 g/mol. The Bertz CT molecular complexity index is 1250. The normalized spacial score (nSPS) is 11.5. The summed E-state index contributed by atoms with van der Waals surface area (Å²) in [5.41, 5.74) is 7.19. The molecule has 0 fully saturated rings. The molecule has 0 aliphatic rings. The molecule has 0 bridgehead atoms. The molecule has 0 atom stereocenters. The van der Waals surface area contributed by atoms with Gasteiger partial charge in [0.25, 0.3) is 0 Å². The Morgan fingerprint density at radius 2 is 1.81 bits per heavy atom. The zero-order chi connectivity index (χ0) is 27.0. The van der Waals surface area contributed by atoms with E-state index in [-0.39, 0.29) is 12.1 Å². The first-order valence-corrected chi connectivity index (χ1v) is 13.4. The van der Waals surface area contributed by atoms with Crippen molar-refractivity contribution in [1.82, 2.24) is 10.3 Å². The van der Waals surface area contributed by atoms with Crippen molar-refractivity contribution in [3.63, 3.8) is 0 Å². The van der Waals surface area contributed by atoms with Gasteiger partial charge in [-0.1, -0.05) is 56.2 Å². The third kappa shape index (κ3) is 8.32. The number of pyridine rings is 1. The highest BCUT2D eigenvalue weighted by Crippen LogP contribution is 2.35. The van der Waals surface area contributed by atoms with Gasteiger partial charge in [-0.05, 0) is 88.1 Å². The summed E-state index contributed by atoms with van der Waals surface area (Å²) in [5.74, 6) is 0.408. The molecule has 3 rings (SSSR count). The van der Waals surface area contributed by atoms with Crippen LogP contribution in [0.2, 0.25) is 0 Å². The molecule has 3 aromatic rings. The highest BCUT2D eigenvalue weighted by molar-refractivity contribution is 5.97. The number of carbonyl (C=O) groups excluding carboxylic acids is 1. The Morgan fingerprint density at radius 1 is 1.08 bits per heavy atom. The number of aryl methyl sites for hydroxylation is 2. The first-order valence-electron chi connectivity index (χ1n) is 13.4. The average molecular weight is 500 g/mol. The van der Waals surface area contributed by atoms with Gasteiger partial charge in [-0.25, -0.2) is 4.79 Å². The molecule has 1 aromatic heterocycles. The second-order valence-corrected chi connectivity index (χ2v) is 11.4. The Balaban J connectivity index is 2.10. The van der Waals surface area contributed by atoms with Crippen LogP contribution in [-0.4, -0.2) is 16.6 Å². The Hall–Kier alpha value is -3.39. The molecule has 0 saturated heterocycles. The second-order valence-electron chi connectivity index (χ2n) is 11.4. The fraction of sp³-hybridized carbons (Fsp3) is 0.469. The lowest BCUT2D eigenvalue weighted by molar-refractivity contribution is 0.131. The molecule has 1 N–H and O–H groups in total. The summed E-state index contributed by atoms with van der Waals surface area (Å²) in [6, 6.07) is 17.3. The summed E-state index contributed by atoms with van der Waals surface area (Å²) in [6.07, 6.45) is 4.99. The first-order chi connectivity index (χ1) is 17.6. The number of ether oxygens (including phenoxy) is 1. The first kappa shape index (κ1) is 28.2. The number of nitriles is 1. The maximum Gasteiger partial charge on any atom is 0.407 e. The molecular formula is C32H41N3O2. The number of amides is 1. The van der Waals surface area contributed by atoms with Crippen LogP contribution in [-0.2, 0) is 24.2 Å². The van der Waals surface area contributed by atoms with Gasteiger partial charge in [0, 0.05) is 28.6 Å². The van der Waals surface area contributed by atoms with Crippen LogP contribution >= 0.6 is 0 Å². The van der Waals surface area contributed by atoms with Crippen LogP contribution < -0.4 is 5.32 Å². The van der Waals surface area contributed by atoms with E-state index in [9.17, 15) is 4.79 Å². The lowest BCUT2D eigenvalue weighted by atomic mass is 9.90. The molecule has 5 nitrogen and oxygen atoms in total. The van der Waals surface area contributed by atoms with Gasteiger partial charge in [-0.2, -0.15) is 5.26 Å². The van der Waals surface area contributed by atoms with E-state index < -0.39 is 6.09 Å². The van der Waals surface area contributed by atoms with Crippen molar-refractivity contribution in [3.05, 3.63) is 64.8 Å². The fourth-order valence-electron chi connectivity index (χ4n) is 4.51. The van der Waals surface area contributed by atoms with Crippen molar-refractivity contribution in [1.29, 1.82) is 5.26 Å². The van der Waals surface area contributed by atoms with Crippen molar-refractivity contribution in [2.45, 2.75) is 92.2 Å². The quantitative estimate of drug-likeness (QED) is 0.286. The standard InChI is InChI=1S/C32H41N3O2/c1-22(2)19-29-27(21-37-31(36)35-32(4,5)6)30(25-15-12-23(3)13-16-25)26-20-24(14-17-28(26)34-29)11-9-7-8-10-18-33/h12-17,20,22H,7-11,19,21H2,1-6H3,(H,35,36). The third-order valence-electron chi connectivity index (χ3n) is 6.26. The highest BCUT2D eigenvalue weighted by Gasteiger charge is 2.21. The minimum absolute atomic E-state index is 0.161. The summed E-state index contributed by atoms with van der Waals surface area (Å²) in [6.45, 7) is 12.4. The zero-order valence-corrected chi connectivity index (χ0v) is 23.3. The van der Waals surface area contributed by atoms with Crippen LogP contribution in [0, 0.1) is 24.2 Å². The third-order valence-corrected chi connectivity index (χ3v) is 6.26. The van der Waals surface area contributed by atoms with Crippen LogP contribution in [0.15, 0.2) is 42.5 Å². The molecule has 0 radical (unpaired) electrons. The second kappa shape index (κ2) is 12.7. The summed E-state index contributed by atoms with van der Waals surface area (Å²) in [4.78, 5) is 17.7. The van der Waals surface area contributed by atoms with Crippen LogP contribution in [0.25, 0.3) is 22.0 Å². The van der Waals surface area contributed by atoms with Crippen LogP contribution in [0.4, 0.5) is 4.79 Å². The molecule has 5 heteroatoms. The van der Waals surface area contributed by atoms with Gasteiger partial charge in [-0.3, -0.25) is 4.98 Å². The molecule has 0 unspecified atom stereocenters. The molecule has 0 aliphatic heterocycles. The highest BCUT2D eigenvalue weighted by atomic mass is 16.5. The fourth-order valence-corrected chi connectivity index (χ4v) is 4.51. The smallest absolute Gasteiger partial charge is 0.407 e. The number of nitrogens with zero attached hydrogens (tertiary/aromatic N) is 2. The zero-order valence-electron chi connectivity index (χ0n) is 23.3.